The van der Waals surface area contributed by atoms with Crippen LogP contribution in [0.3, 0.4) is 0 Å². The molecule has 3 heterocycles. The predicted octanol–water partition coefficient (Wildman–Crippen LogP) is 4.32. The first kappa shape index (κ1) is 20.0. The Morgan fingerprint density at radius 3 is 2.83 bits per heavy atom. The van der Waals surface area contributed by atoms with E-state index in [9.17, 15) is 5.26 Å². The van der Waals surface area contributed by atoms with Crippen molar-refractivity contribution < 1.29 is 0 Å². The number of fused-ring (bicyclic) bond motifs is 1. The van der Waals surface area contributed by atoms with Gasteiger partial charge in [-0.15, -0.1) is 0 Å². The van der Waals surface area contributed by atoms with Crippen molar-refractivity contribution in [2.45, 2.75) is 46.2 Å². The molecule has 7 heteroatoms. The lowest BCUT2D eigenvalue weighted by atomic mass is 9.87. The van der Waals surface area contributed by atoms with Crippen molar-refractivity contribution in [2.75, 3.05) is 11.9 Å². The van der Waals surface area contributed by atoms with Crippen molar-refractivity contribution in [3.8, 4) is 17.3 Å². The van der Waals surface area contributed by atoms with E-state index in [0.29, 0.717) is 12.0 Å². The molecule has 2 atom stereocenters. The number of rotatable bonds is 5. The minimum Gasteiger partial charge on any atom is -0.324 e. The van der Waals surface area contributed by atoms with Gasteiger partial charge in [0, 0.05) is 35.7 Å². The molecule has 0 amide bonds. The molecule has 0 bridgehead atoms. The van der Waals surface area contributed by atoms with Crippen LogP contribution in [0.5, 0.6) is 0 Å². The van der Waals surface area contributed by atoms with Crippen LogP contribution in [0.15, 0.2) is 36.8 Å². The lowest BCUT2D eigenvalue weighted by Gasteiger charge is -2.29. The molecule has 1 aliphatic rings. The number of anilines is 2. The Bertz CT molecular complexity index is 1090. The quantitative estimate of drug-likeness (QED) is 0.662. The average Bonchev–Trinajstić information content (AvgIpc) is 3.24. The highest BCUT2D eigenvalue weighted by Gasteiger charge is 2.25. The molecular weight excluding hydrogens is 374 g/mol. The molecule has 7 nitrogen and oxygen atoms in total. The van der Waals surface area contributed by atoms with E-state index in [1.54, 1.807) is 0 Å². The van der Waals surface area contributed by atoms with Crippen molar-refractivity contribution in [2.24, 2.45) is 5.92 Å². The molecule has 2 aromatic heterocycles. The van der Waals surface area contributed by atoms with Gasteiger partial charge in [-0.2, -0.15) is 10.4 Å². The fourth-order valence-electron chi connectivity index (χ4n) is 3.86. The average molecular weight is 402 g/mol. The summed E-state index contributed by atoms with van der Waals surface area (Å²) in [6.45, 7) is 9.04. The Kier molecular flexibility index (Phi) is 5.51. The van der Waals surface area contributed by atoms with Crippen LogP contribution in [0, 0.1) is 24.2 Å². The van der Waals surface area contributed by atoms with Gasteiger partial charge in [0.25, 0.3) is 0 Å². The van der Waals surface area contributed by atoms with Crippen LogP contribution in [0.25, 0.3) is 11.3 Å². The Morgan fingerprint density at radius 1 is 1.27 bits per heavy atom. The summed E-state index contributed by atoms with van der Waals surface area (Å²) in [5.41, 5.74) is 6.28. The largest absolute Gasteiger partial charge is 0.324 e. The normalized spacial score (nSPS) is 16.7. The SMILES string of the molecule is Cc1cnc(Nc2ccc3c(c2)CCNC3C(C)C#N)nc1-c1cnn(C(C)C)c1. The second-order valence-corrected chi connectivity index (χ2v) is 8.17. The lowest BCUT2D eigenvalue weighted by molar-refractivity contribution is 0.431. The van der Waals surface area contributed by atoms with E-state index in [1.165, 1.54) is 11.1 Å². The van der Waals surface area contributed by atoms with Crippen LogP contribution in [-0.2, 0) is 6.42 Å². The third kappa shape index (κ3) is 3.91. The van der Waals surface area contributed by atoms with Gasteiger partial charge in [-0.1, -0.05) is 6.07 Å². The van der Waals surface area contributed by atoms with E-state index in [2.05, 4.69) is 52.8 Å². The van der Waals surface area contributed by atoms with Gasteiger partial charge in [0.05, 0.1) is 23.9 Å². The van der Waals surface area contributed by atoms with Crippen molar-refractivity contribution in [3.63, 3.8) is 0 Å². The molecule has 0 aliphatic carbocycles. The number of hydrogen-bond acceptors (Lipinski definition) is 6. The van der Waals surface area contributed by atoms with E-state index in [-0.39, 0.29) is 12.0 Å². The number of nitrogens with one attached hydrogen (secondary N) is 2. The van der Waals surface area contributed by atoms with E-state index >= 15 is 0 Å². The summed E-state index contributed by atoms with van der Waals surface area (Å²) in [6.07, 6.45) is 6.64. The van der Waals surface area contributed by atoms with Crippen molar-refractivity contribution in [1.82, 2.24) is 25.1 Å². The molecule has 2 N–H and O–H groups in total. The standard InChI is InChI=1S/C23H27N7/c1-14(2)30-13-18(12-27-30)21-16(4)11-26-23(29-21)28-19-5-6-20-17(9-19)7-8-25-22(20)15(3)10-24/h5-6,9,11-15,22,25H,7-8H2,1-4H3,(H,26,28,29). The van der Waals surface area contributed by atoms with E-state index in [0.717, 1.165) is 35.5 Å². The minimum atomic E-state index is -0.0717. The van der Waals surface area contributed by atoms with Gasteiger partial charge in [0.15, 0.2) is 0 Å². The molecule has 154 valence electrons. The summed E-state index contributed by atoms with van der Waals surface area (Å²) in [4.78, 5) is 9.21. The number of benzene rings is 1. The predicted molar refractivity (Wildman–Crippen MR) is 117 cm³/mol. The van der Waals surface area contributed by atoms with Gasteiger partial charge in [0.1, 0.15) is 0 Å². The molecule has 0 saturated carbocycles. The van der Waals surface area contributed by atoms with Crippen molar-refractivity contribution in [3.05, 3.63) is 53.5 Å². The van der Waals surface area contributed by atoms with Gasteiger partial charge < -0.3 is 10.6 Å². The molecular formula is C23H27N7. The molecule has 4 rings (SSSR count). The fraction of sp³-hybridized carbons (Fsp3) is 0.391. The van der Waals surface area contributed by atoms with Crippen LogP contribution >= 0.6 is 0 Å². The summed E-state index contributed by atoms with van der Waals surface area (Å²) in [5, 5.41) is 20.5. The van der Waals surface area contributed by atoms with E-state index in [1.807, 2.05) is 43.2 Å². The number of aryl methyl sites for hydroxylation is 1. The zero-order chi connectivity index (χ0) is 21.3. The zero-order valence-electron chi connectivity index (χ0n) is 17.8. The highest BCUT2D eigenvalue weighted by molar-refractivity contribution is 5.64. The topological polar surface area (TPSA) is 91.4 Å². The van der Waals surface area contributed by atoms with Gasteiger partial charge in [-0.25, -0.2) is 9.97 Å². The van der Waals surface area contributed by atoms with Crippen molar-refractivity contribution >= 4 is 11.6 Å². The van der Waals surface area contributed by atoms with Crippen molar-refractivity contribution in [1.29, 1.82) is 5.26 Å². The monoisotopic (exact) mass is 401 g/mol. The third-order valence-corrected chi connectivity index (χ3v) is 5.57. The first-order valence-corrected chi connectivity index (χ1v) is 10.4. The second kappa shape index (κ2) is 8.25. The molecule has 3 aromatic rings. The lowest BCUT2D eigenvalue weighted by Crippen LogP contribution is -2.33. The van der Waals surface area contributed by atoms with Gasteiger partial charge in [-0.3, -0.25) is 4.68 Å². The molecule has 1 aromatic carbocycles. The Balaban J connectivity index is 1.60. The van der Waals surface area contributed by atoms with Crippen LogP contribution in [0.1, 0.15) is 49.5 Å². The van der Waals surface area contributed by atoms with Crippen LogP contribution in [0.4, 0.5) is 11.6 Å². The summed E-state index contributed by atoms with van der Waals surface area (Å²) >= 11 is 0. The number of aromatic nitrogens is 4. The van der Waals surface area contributed by atoms with Gasteiger partial charge >= 0.3 is 0 Å². The maximum Gasteiger partial charge on any atom is 0.227 e. The molecule has 1 aliphatic heterocycles. The van der Waals surface area contributed by atoms with Crippen LogP contribution in [0.2, 0.25) is 0 Å². The summed E-state index contributed by atoms with van der Waals surface area (Å²) < 4.78 is 1.93. The second-order valence-electron chi connectivity index (χ2n) is 8.17. The van der Waals surface area contributed by atoms with Crippen LogP contribution < -0.4 is 10.6 Å². The first-order valence-electron chi connectivity index (χ1n) is 10.4. The molecule has 0 spiro atoms. The minimum absolute atomic E-state index is 0.0717. The molecule has 30 heavy (non-hydrogen) atoms. The Hall–Kier alpha value is -3.24. The fourth-order valence-corrected chi connectivity index (χ4v) is 3.86. The van der Waals surface area contributed by atoms with Gasteiger partial charge in [-0.05, 0) is 69.5 Å². The maximum absolute atomic E-state index is 9.31. The molecule has 2 unspecified atom stereocenters. The van der Waals surface area contributed by atoms with Crippen LogP contribution in [-0.4, -0.2) is 26.3 Å². The molecule has 0 fully saturated rings. The zero-order valence-corrected chi connectivity index (χ0v) is 17.8. The highest BCUT2D eigenvalue weighted by Crippen LogP contribution is 2.31. The third-order valence-electron chi connectivity index (χ3n) is 5.57. The Morgan fingerprint density at radius 2 is 2.10 bits per heavy atom. The molecule has 0 radical (unpaired) electrons. The highest BCUT2D eigenvalue weighted by atomic mass is 15.3. The van der Waals surface area contributed by atoms with Gasteiger partial charge in [0.2, 0.25) is 5.95 Å². The summed E-state index contributed by atoms with van der Waals surface area (Å²) in [6, 6.07) is 9.02. The maximum atomic E-state index is 9.31. The number of nitrogens with zero attached hydrogens (tertiary/aromatic N) is 5. The van der Waals surface area contributed by atoms with E-state index in [4.69, 9.17) is 4.98 Å². The smallest absolute Gasteiger partial charge is 0.227 e. The summed E-state index contributed by atoms with van der Waals surface area (Å²) in [7, 11) is 0. The number of hydrogen-bond donors (Lipinski definition) is 2. The Labute approximate surface area is 177 Å². The van der Waals surface area contributed by atoms with E-state index < -0.39 is 0 Å². The molecule has 0 saturated heterocycles. The first-order chi connectivity index (χ1) is 14.5. The number of nitriles is 1. The summed E-state index contributed by atoms with van der Waals surface area (Å²) in [5.74, 6) is 0.487.